The molecule has 6 heteroatoms. The Morgan fingerprint density at radius 2 is 2.15 bits per heavy atom. The standard InChI is InChI=1S/C14H16N4OS/c1-9-2-4-11(15)6-13(9)20-8-12-5-3-10(7-17-12)14(19)18-16/h2-7H,8,15-16H2,1H3,(H,18,19). The van der Waals surface area contributed by atoms with Gasteiger partial charge in [0.2, 0.25) is 0 Å². The summed E-state index contributed by atoms with van der Waals surface area (Å²) in [5, 5.41) is 0. The lowest BCUT2D eigenvalue weighted by molar-refractivity contribution is 0.0953. The molecular formula is C14H16N4OS. The summed E-state index contributed by atoms with van der Waals surface area (Å²) in [6.45, 7) is 2.05. The third-order valence-corrected chi connectivity index (χ3v) is 4.00. The van der Waals surface area contributed by atoms with Crippen LogP contribution in [0.15, 0.2) is 41.4 Å². The molecular weight excluding hydrogens is 272 g/mol. The molecule has 5 nitrogen and oxygen atoms in total. The van der Waals surface area contributed by atoms with Gasteiger partial charge in [-0.1, -0.05) is 6.07 Å². The monoisotopic (exact) mass is 288 g/mol. The largest absolute Gasteiger partial charge is 0.399 e. The highest BCUT2D eigenvalue weighted by Gasteiger charge is 2.05. The molecule has 2 aromatic rings. The molecule has 0 atom stereocenters. The number of anilines is 1. The van der Waals surface area contributed by atoms with E-state index in [-0.39, 0.29) is 5.91 Å². The number of nitrogen functional groups attached to an aromatic ring is 2. The zero-order chi connectivity index (χ0) is 14.5. The van der Waals surface area contributed by atoms with Crippen LogP contribution < -0.4 is 17.0 Å². The van der Waals surface area contributed by atoms with E-state index in [4.69, 9.17) is 11.6 Å². The summed E-state index contributed by atoms with van der Waals surface area (Å²) in [4.78, 5) is 16.7. The zero-order valence-corrected chi connectivity index (χ0v) is 11.9. The van der Waals surface area contributed by atoms with Crippen molar-refractivity contribution in [3.63, 3.8) is 0 Å². The summed E-state index contributed by atoms with van der Waals surface area (Å²) in [5.74, 6) is 5.44. The molecule has 1 aromatic heterocycles. The molecule has 0 bridgehead atoms. The molecule has 20 heavy (non-hydrogen) atoms. The predicted molar refractivity (Wildman–Crippen MR) is 81.0 cm³/mol. The maximum absolute atomic E-state index is 11.3. The van der Waals surface area contributed by atoms with Crippen LogP contribution in [-0.4, -0.2) is 10.9 Å². The van der Waals surface area contributed by atoms with Gasteiger partial charge in [-0.15, -0.1) is 11.8 Å². The molecule has 104 valence electrons. The molecule has 0 spiro atoms. The number of carbonyl (C=O) groups is 1. The van der Waals surface area contributed by atoms with Crippen molar-refractivity contribution in [3.05, 3.63) is 53.3 Å². The summed E-state index contributed by atoms with van der Waals surface area (Å²) in [5.41, 5.74) is 11.1. The van der Waals surface area contributed by atoms with Gasteiger partial charge in [0.15, 0.2) is 0 Å². The highest BCUT2D eigenvalue weighted by Crippen LogP contribution is 2.27. The van der Waals surface area contributed by atoms with Gasteiger partial charge in [0.25, 0.3) is 5.91 Å². The summed E-state index contributed by atoms with van der Waals surface area (Å²) < 4.78 is 0. The highest BCUT2D eigenvalue weighted by atomic mass is 32.2. The van der Waals surface area contributed by atoms with Gasteiger partial charge >= 0.3 is 0 Å². The van der Waals surface area contributed by atoms with Gasteiger partial charge in [-0.2, -0.15) is 0 Å². The van der Waals surface area contributed by atoms with Crippen LogP contribution >= 0.6 is 11.8 Å². The minimum atomic E-state index is -0.344. The molecule has 0 fully saturated rings. The molecule has 5 N–H and O–H groups in total. The average molecular weight is 288 g/mol. The van der Waals surface area contributed by atoms with Crippen molar-refractivity contribution in [2.75, 3.05) is 5.73 Å². The summed E-state index contributed by atoms with van der Waals surface area (Å²) in [7, 11) is 0. The number of hydrazine groups is 1. The van der Waals surface area contributed by atoms with Gasteiger partial charge in [0, 0.05) is 22.5 Å². The Bertz CT molecular complexity index is 613. The zero-order valence-electron chi connectivity index (χ0n) is 11.1. The van der Waals surface area contributed by atoms with Crippen molar-refractivity contribution in [2.45, 2.75) is 17.6 Å². The number of thioether (sulfide) groups is 1. The number of benzene rings is 1. The fraction of sp³-hybridized carbons (Fsp3) is 0.143. The van der Waals surface area contributed by atoms with Gasteiger partial charge in [0.1, 0.15) is 0 Å². The van der Waals surface area contributed by atoms with E-state index in [1.807, 2.05) is 31.2 Å². The number of nitrogens with zero attached hydrogens (tertiary/aromatic N) is 1. The second-order valence-electron chi connectivity index (χ2n) is 4.33. The third-order valence-electron chi connectivity index (χ3n) is 2.81. The van der Waals surface area contributed by atoms with E-state index in [9.17, 15) is 4.79 Å². The van der Waals surface area contributed by atoms with Crippen LogP contribution in [0.25, 0.3) is 0 Å². The summed E-state index contributed by atoms with van der Waals surface area (Å²) in [6, 6.07) is 9.37. The first-order chi connectivity index (χ1) is 9.60. The number of hydrogen-bond donors (Lipinski definition) is 3. The van der Waals surface area contributed by atoms with Crippen molar-refractivity contribution in [2.24, 2.45) is 5.84 Å². The number of amides is 1. The van der Waals surface area contributed by atoms with E-state index in [2.05, 4.69) is 10.4 Å². The molecule has 0 aliphatic heterocycles. The Morgan fingerprint density at radius 3 is 2.80 bits per heavy atom. The second-order valence-corrected chi connectivity index (χ2v) is 5.34. The molecule has 0 aliphatic carbocycles. The van der Waals surface area contributed by atoms with Gasteiger partial charge in [-0.3, -0.25) is 15.2 Å². The number of nitrogens with two attached hydrogens (primary N) is 2. The van der Waals surface area contributed by atoms with E-state index in [1.54, 1.807) is 17.8 Å². The van der Waals surface area contributed by atoms with Crippen molar-refractivity contribution < 1.29 is 4.79 Å². The maximum atomic E-state index is 11.3. The maximum Gasteiger partial charge on any atom is 0.266 e. The predicted octanol–water partition coefficient (Wildman–Crippen LogP) is 1.87. The number of aryl methyl sites for hydroxylation is 1. The molecule has 0 radical (unpaired) electrons. The molecule has 0 saturated carbocycles. The number of hydrogen-bond acceptors (Lipinski definition) is 5. The van der Waals surface area contributed by atoms with E-state index < -0.39 is 0 Å². The molecule has 0 aliphatic rings. The lowest BCUT2D eigenvalue weighted by Crippen LogP contribution is -2.30. The SMILES string of the molecule is Cc1ccc(N)cc1SCc1ccc(C(=O)NN)cn1. The Morgan fingerprint density at radius 1 is 1.35 bits per heavy atom. The Balaban J connectivity index is 2.04. The van der Waals surface area contributed by atoms with Crippen LogP contribution in [0.4, 0.5) is 5.69 Å². The fourth-order valence-electron chi connectivity index (χ4n) is 1.65. The van der Waals surface area contributed by atoms with E-state index in [0.29, 0.717) is 5.56 Å². The topological polar surface area (TPSA) is 94.0 Å². The second kappa shape index (κ2) is 6.40. The van der Waals surface area contributed by atoms with Gasteiger partial charge < -0.3 is 5.73 Å². The van der Waals surface area contributed by atoms with E-state index in [1.165, 1.54) is 11.8 Å². The van der Waals surface area contributed by atoms with Crippen molar-refractivity contribution in [1.29, 1.82) is 0 Å². The normalized spacial score (nSPS) is 10.3. The van der Waals surface area contributed by atoms with E-state index >= 15 is 0 Å². The number of nitrogens with one attached hydrogen (secondary N) is 1. The Kier molecular flexibility index (Phi) is 4.60. The molecule has 1 amide bonds. The number of carbonyl (C=O) groups excluding carboxylic acids is 1. The molecule has 0 unspecified atom stereocenters. The van der Waals surface area contributed by atoms with E-state index in [0.717, 1.165) is 22.0 Å². The quantitative estimate of drug-likeness (QED) is 0.262. The lowest BCUT2D eigenvalue weighted by atomic mass is 10.2. The lowest BCUT2D eigenvalue weighted by Gasteiger charge is -2.07. The Hall–Kier alpha value is -2.05. The number of aromatic nitrogens is 1. The molecule has 1 aromatic carbocycles. The minimum Gasteiger partial charge on any atom is -0.399 e. The van der Waals surface area contributed by atoms with Gasteiger partial charge in [-0.05, 0) is 36.8 Å². The third kappa shape index (κ3) is 3.49. The molecule has 0 saturated heterocycles. The highest BCUT2D eigenvalue weighted by molar-refractivity contribution is 7.98. The minimum absolute atomic E-state index is 0.344. The van der Waals surface area contributed by atoms with Crippen LogP contribution in [0.5, 0.6) is 0 Å². The molecule has 2 rings (SSSR count). The smallest absolute Gasteiger partial charge is 0.266 e. The summed E-state index contributed by atoms with van der Waals surface area (Å²) >= 11 is 1.67. The van der Waals surface area contributed by atoms with Crippen LogP contribution in [0, 0.1) is 6.92 Å². The first-order valence-electron chi connectivity index (χ1n) is 6.05. The van der Waals surface area contributed by atoms with Gasteiger partial charge in [-0.25, -0.2) is 5.84 Å². The van der Waals surface area contributed by atoms with Crippen LogP contribution in [0.2, 0.25) is 0 Å². The average Bonchev–Trinajstić information content (AvgIpc) is 2.48. The Labute approximate surface area is 121 Å². The van der Waals surface area contributed by atoms with Crippen LogP contribution in [0.1, 0.15) is 21.6 Å². The first-order valence-corrected chi connectivity index (χ1v) is 7.03. The van der Waals surface area contributed by atoms with Crippen molar-refractivity contribution in [1.82, 2.24) is 10.4 Å². The number of pyridine rings is 1. The van der Waals surface area contributed by atoms with Crippen molar-refractivity contribution >= 4 is 23.4 Å². The van der Waals surface area contributed by atoms with Crippen molar-refractivity contribution in [3.8, 4) is 0 Å². The fourth-order valence-corrected chi connectivity index (χ4v) is 2.64. The summed E-state index contributed by atoms with van der Waals surface area (Å²) in [6.07, 6.45) is 1.52. The first kappa shape index (κ1) is 14.4. The van der Waals surface area contributed by atoms with Crippen LogP contribution in [0.3, 0.4) is 0 Å². The van der Waals surface area contributed by atoms with Crippen LogP contribution in [-0.2, 0) is 5.75 Å². The number of rotatable bonds is 4. The van der Waals surface area contributed by atoms with Gasteiger partial charge in [0.05, 0.1) is 11.3 Å². The molecule has 1 heterocycles.